The maximum atomic E-state index is 14.5. The van der Waals surface area contributed by atoms with Gasteiger partial charge in [0.05, 0.1) is 16.1 Å². The lowest BCUT2D eigenvalue weighted by Gasteiger charge is -2.45. The highest BCUT2D eigenvalue weighted by Gasteiger charge is 2.55. The summed E-state index contributed by atoms with van der Waals surface area (Å²) in [5.74, 6) is -0.525. The van der Waals surface area contributed by atoms with Gasteiger partial charge in [0.1, 0.15) is 17.3 Å². The Balaban J connectivity index is 1.62. The molecule has 0 amide bonds. The lowest BCUT2D eigenvalue weighted by molar-refractivity contribution is -0.0685. The molecule has 1 spiro atoms. The van der Waals surface area contributed by atoms with E-state index < -0.39 is 38.2 Å². The third-order valence-electron chi connectivity index (χ3n) is 6.44. The van der Waals surface area contributed by atoms with Crippen LogP contribution in [-0.2, 0) is 15.6 Å². The second-order valence-corrected chi connectivity index (χ2v) is 10.2. The molecule has 1 aliphatic carbocycles. The molecule has 35 heavy (non-hydrogen) atoms. The molecule has 2 aliphatic rings. The van der Waals surface area contributed by atoms with Crippen LogP contribution < -0.4 is 15.5 Å². The van der Waals surface area contributed by atoms with Gasteiger partial charge in [-0.05, 0) is 37.1 Å². The van der Waals surface area contributed by atoms with Crippen molar-refractivity contribution >= 4 is 44.2 Å². The number of nitrogens with one attached hydrogen (secondary N) is 1. The van der Waals surface area contributed by atoms with E-state index >= 15 is 0 Å². The maximum Gasteiger partial charge on any atom is 0.433 e. The monoisotopic (exact) mass is 511 g/mol. The van der Waals surface area contributed by atoms with E-state index in [9.17, 15) is 26.0 Å². The molecule has 2 aromatic heterocycles. The quantitative estimate of drug-likeness (QED) is 0.514. The van der Waals surface area contributed by atoms with Gasteiger partial charge in [-0.2, -0.15) is 23.3 Å². The Kier molecular flexibility index (Phi) is 5.29. The minimum atomic E-state index is -4.64. The van der Waals surface area contributed by atoms with Crippen LogP contribution in [0.15, 0.2) is 40.5 Å². The van der Waals surface area contributed by atoms with Crippen molar-refractivity contribution in [3.63, 3.8) is 0 Å². The molecule has 1 fully saturated rings. The number of hydrazone groups is 1. The SMILES string of the molecule is CN1N=C(C(F)(F)F)C2(CCCCC2)n2c1cc1cnc(Nc3ccc(S(N)(=O)=O)cc3F)nc12. The van der Waals surface area contributed by atoms with Crippen LogP contribution in [0.3, 0.4) is 0 Å². The molecule has 9 nitrogen and oxygen atoms in total. The molecule has 1 aromatic carbocycles. The molecule has 186 valence electrons. The molecule has 14 heteroatoms. The molecule has 0 unspecified atom stereocenters. The Bertz CT molecular complexity index is 1460. The third-order valence-corrected chi connectivity index (χ3v) is 7.35. The highest BCUT2D eigenvalue weighted by molar-refractivity contribution is 7.89. The number of anilines is 3. The van der Waals surface area contributed by atoms with Crippen molar-refractivity contribution < 1.29 is 26.0 Å². The van der Waals surface area contributed by atoms with Crippen molar-refractivity contribution in [2.75, 3.05) is 17.4 Å². The van der Waals surface area contributed by atoms with E-state index in [2.05, 4.69) is 20.4 Å². The Morgan fingerprint density at radius 1 is 1.14 bits per heavy atom. The summed E-state index contributed by atoms with van der Waals surface area (Å²) < 4.78 is 81.5. The lowest BCUT2D eigenvalue weighted by atomic mass is 9.77. The van der Waals surface area contributed by atoms with Crippen LogP contribution in [0.1, 0.15) is 32.1 Å². The molecule has 3 aromatic rings. The van der Waals surface area contributed by atoms with Gasteiger partial charge < -0.3 is 5.32 Å². The number of aromatic nitrogens is 3. The highest BCUT2D eigenvalue weighted by Crippen LogP contribution is 2.48. The number of sulfonamides is 1. The van der Waals surface area contributed by atoms with Crippen LogP contribution in [0.2, 0.25) is 0 Å². The first-order valence-electron chi connectivity index (χ1n) is 10.8. The topological polar surface area (TPSA) is 118 Å². The first-order chi connectivity index (χ1) is 16.4. The highest BCUT2D eigenvalue weighted by atomic mass is 32.2. The van der Waals surface area contributed by atoms with Crippen molar-refractivity contribution in [3.05, 3.63) is 36.3 Å². The van der Waals surface area contributed by atoms with E-state index in [-0.39, 0.29) is 30.1 Å². The Hall–Kier alpha value is -3.26. The van der Waals surface area contributed by atoms with Crippen LogP contribution in [-0.4, -0.2) is 41.9 Å². The molecule has 3 heterocycles. The normalized spacial score (nSPS) is 18.0. The third kappa shape index (κ3) is 3.89. The molecule has 1 aliphatic heterocycles. The molecule has 5 rings (SSSR count). The second kappa shape index (κ2) is 7.88. The summed E-state index contributed by atoms with van der Waals surface area (Å²) in [4.78, 5) is 8.20. The van der Waals surface area contributed by atoms with Gasteiger partial charge in [0, 0.05) is 18.6 Å². The summed E-state index contributed by atoms with van der Waals surface area (Å²) >= 11 is 0. The number of primary sulfonamides is 1. The molecular weight excluding hydrogens is 490 g/mol. The summed E-state index contributed by atoms with van der Waals surface area (Å²) in [5.41, 5.74) is -2.14. The van der Waals surface area contributed by atoms with Crippen LogP contribution >= 0.6 is 0 Å². The molecular formula is C21H21F4N7O2S. The lowest BCUT2D eigenvalue weighted by Crippen LogP contribution is -2.54. The smallest absolute Gasteiger partial charge is 0.322 e. The first-order valence-corrected chi connectivity index (χ1v) is 12.3. The number of hydrogen-bond donors (Lipinski definition) is 2. The predicted molar refractivity (Wildman–Crippen MR) is 122 cm³/mol. The van der Waals surface area contributed by atoms with Gasteiger partial charge in [-0.3, -0.25) is 9.58 Å². The fourth-order valence-corrected chi connectivity index (χ4v) is 5.43. The standard InChI is InChI=1S/C21H21F4N7O2S/c1-31-16-9-12-11-27-19(28-15-6-5-13(10-14(15)22)35(26,33)34)29-17(12)32(16)20(7-3-2-4-8-20)18(30-31)21(23,24)25/h5-6,9-11H,2-4,7-8H2,1H3,(H2,26,33,34)(H,27,28,29). The zero-order valence-electron chi connectivity index (χ0n) is 18.5. The summed E-state index contributed by atoms with van der Waals surface area (Å²) in [6, 6.07) is 4.72. The Morgan fingerprint density at radius 3 is 2.49 bits per heavy atom. The maximum absolute atomic E-state index is 14.5. The number of rotatable bonds is 3. The van der Waals surface area contributed by atoms with E-state index in [4.69, 9.17) is 5.14 Å². The van der Waals surface area contributed by atoms with Crippen LogP contribution in [0.25, 0.3) is 11.0 Å². The molecule has 1 saturated carbocycles. The number of halogens is 4. The fraction of sp³-hybridized carbons (Fsp3) is 0.381. The van der Waals surface area contributed by atoms with Gasteiger partial charge in [-0.15, -0.1) is 0 Å². The number of nitrogens with zero attached hydrogens (tertiary/aromatic N) is 5. The van der Waals surface area contributed by atoms with Gasteiger partial charge in [-0.25, -0.2) is 22.9 Å². The van der Waals surface area contributed by atoms with Crippen molar-refractivity contribution in [2.24, 2.45) is 10.2 Å². The molecule has 0 atom stereocenters. The van der Waals surface area contributed by atoms with Crippen molar-refractivity contribution in [1.82, 2.24) is 14.5 Å². The van der Waals surface area contributed by atoms with Gasteiger partial charge in [0.15, 0.2) is 5.71 Å². The summed E-state index contributed by atoms with van der Waals surface area (Å²) in [7, 11) is -2.65. The van der Waals surface area contributed by atoms with Gasteiger partial charge >= 0.3 is 6.18 Å². The number of fused-ring (bicyclic) bond motifs is 4. The van der Waals surface area contributed by atoms with E-state index in [1.165, 1.54) is 24.3 Å². The number of benzene rings is 1. The minimum absolute atomic E-state index is 0.0645. The largest absolute Gasteiger partial charge is 0.433 e. The van der Waals surface area contributed by atoms with Gasteiger partial charge in [0.2, 0.25) is 16.0 Å². The second-order valence-electron chi connectivity index (χ2n) is 8.68. The van der Waals surface area contributed by atoms with E-state index in [0.717, 1.165) is 18.6 Å². The van der Waals surface area contributed by atoms with Crippen LogP contribution in [0.4, 0.5) is 35.0 Å². The number of hydrogen-bond acceptors (Lipinski definition) is 7. The summed E-state index contributed by atoms with van der Waals surface area (Å²) in [6.07, 6.45) is -0.649. The summed E-state index contributed by atoms with van der Waals surface area (Å²) in [6.45, 7) is 0. The molecule has 0 radical (unpaired) electrons. The molecule has 3 N–H and O–H groups in total. The van der Waals surface area contributed by atoms with Crippen molar-refractivity contribution in [3.8, 4) is 0 Å². The van der Waals surface area contributed by atoms with E-state index in [1.54, 1.807) is 10.6 Å². The van der Waals surface area contributed by atoms with Gasteiger partial charge in [0.25, 0.3) is 0 Å². The summed E-state index contributed by atoms with van der Waals surface area (Å²) in [5, 5.41) is 13.3. The predicted octanol–water partition coefficient (Wildman–Crippen LogP) is 3.99. The molecule has 0 bridgehead atoms. The Morgan fingerprint density at radius 2 is 1.86 bits per heavy atom. The minimum Gasteiger partial charge on any atom is -0.322 e. The molecule has 0 saturated heterocycles. The van der Waals surface area contributed by atoms with Crippen molar-refractivity contribution in [2.45, 2.75) is 48.7 Å². The van der Waals surface area contributed by atoms with Gasteiger partial charge in [-0.1, -0.05) is 19.3 Å². The van der Waals surface area contributed by atoms with Crippen LogP contribution in [0.5, 0.6) is 0 Å². The zero-order chi connectivity index (χ0) is 25.2. The first kappa shape index (κ1) is 23.5. The average molecular weight is 512 g/mol. The fourth-order valence-electron chi connectivity index (χ4n) is 4.91. The van der Waals surface area contributed by atoms with Crippen LogP contribution in [0, 0.1) is 5.82 Å². The number of nitrogens with two attached hydrogens (primary N) is 1. The van der Waals surface area contributed by atoms with Crippen molar-refractivity contribution in [1.29, 1.82) is 0 Å². The van der Waals surface area contributed by atoms with E-state index in [1.807, 2.05) is 0 Å². The zero-order valence-corrected chi connectivity index (χ0v) is 19.3. The van der Waals surface area contributed by atoms with E-state index in [0.29, 0.717) is 24.0 Å². The average Bonchev–Trinajstić information content (AvgIpc) is 3.17. The Labute approximate surface area is 197 Å². The number of alkyl halides is 3.